The van der Waals surface area contributed by atoms with Crippen LogP contribution in [0.15, 0.2) is 70.2 Å². The number of nitrogens with zero attached hydrogens (tertiary/aromatic N) is 2. The molecule has 0 aliphatic carbocycles. The van der Waals surface area contributed by atoms with E-state index in [9.17, 15) is 9.59 Å². The molecule has 3 aromatic rings. The zero-order valence-electron chi connectivity index (χ0n) is 15.9. The largest absolute Gasteiger partial charge is 0.476 e. The van der Waals surface area contributed by atoms with E-state index in [4.69, 9.17) is 5.11 Å². The first-order chi connectivity index (χ1) is 14.0. The number of hydrogen-bond acceptors (Lipinski definition) is 4. The number of amides is 1. The van der Waals surface area contributed by atoms with E-state index < -0.39 is 5.97 Å². The van der Waals surface area contributed by atoms with Gasteiger partial charge in [-0.05, 0) is 42.0 Å². The van der Waals surface area contributed by atoms with E-state index in [0.29, 0.717) is 13.0 Å². The van der Waals surface area contributed by atoms with Gasteiger partial charge in [0.25, 0.3) is 0 Å². The number of halogens is 1. The molecule has 29 heavy (non-hydrogen) atoms. The van der Waals surface area contributed by atoms with Gasteiger partial charge in [-0.1, -0.05) is 53.2 Å². The molecule has 0 aliphatic rings. The number of benzene rings is 2. The number of aryl methyl sites for hydroxylation is 2. The van der Waals surface area contributed by atoms with E-state index in [1.54, 1.807) is 0 Å². The van der Waals surface area contributed by atoms with Crippen molar-refractivity contribution in [2.45, 2.75) is 24.8 Å². The lowest BCUT2D eigenvalue weighted by Gasteiger charge is -2.01. The quantitative estimate of drug-likeness (QED) is 0.355. The third kappa shape index (κ3) is 7.75. The molecule has 3 rings (SSSR count). The summed E-state index contributed by atoms with van der Waals surface area (Å²) >= 11 is 5.25. The number of aromatic nitrogens is 2. The number of carboxylic acid groups (broad SMARTS) is 1. The van der Waals surface area contributed by atoms with E-state index in [1.165, 1.54) is 15.8 Å². The number of nitrogens with one attached hydrogen (secondary N) is 1. The average molecular weight is 476 g/mol. The molecule has 1 amide bonds. The fourth-order valence-corrected chi connectivity index (χ4v) is 3.37. The second-order valence-corrected chi connectivity index (χ2v) is 8.10. The Bertz CT molecular complexity index is 915. The van der Waals surface area contributed by atoms with Crippen LogP contribution in [0.2, 0.25) is 0 Å². The molecule has 0 unspecified atom stereocenters. The fourth-order valence-electron chi connectivity index (χ4n) is 2.45. The van der Waals surface area contributed by atoms with Gasteiger partial charge in [0.15, 0.2) is 5.69 Å². The average Bonchev–Trinajstić information content (AvgIpc) is 3.13. The molecule has 152 valence electrons. The van der Waals surface area contributed by atoms with Crippen LogP contribution in [0.5, 0.6) is 0 Å². The van der Waals surface area contributed by atoms with Crippen LogP contribution in [0.3, 0.4) is 0 Å². The van der Waals surface area contributed by atoms with Gasteiger partial charge in [-0.25, -0.2) is 4.79 Å². The maximum absolute atomic E-state index is 11.0. The lowest BCUT2D eigenvalue weighted by Crippen LogP contribution is -2.05. The van der Waals surface area contributed by atoms with Crippen LogP contribution in [0.1, 0.15) is 23.0 Å². The van der Waals surface area contributed by atoms with Crippen molar-refractivity contribution < 1.29 is 14.7 Å². The van der Waals surface area contributed by atoms with Crippen molar-refractivity contribution in [2.75, 3.05) is 11.1 Å². The molecule has 6 nitrogen and oxygen atoms in total. The Morgan fingerprint density at radius 1 is 1.21 bits per heavy atom. The topological polar surface area (TPSA) is 84.2 Å². The number of hydrogen-bond donors (Lipinski definition) is 2. The minimum absolute atomic E-state index is 0.153. The predicted octanol–water partition coefficient (Wildman–Crippen LogP) is 4.95. The number of carboxylic acids is 1. The molecule has 1 aromatic heterocycles. The summed E-state index contributed by atoms with van der Waals surface area (Å²) in [5, 5.41) is 15.2. The number of aromatic carboxylic acids is 1. The van der Waals surface area contributed by atoms with Gasteiger partial charge in [-0.2, -0.15) is 5.10 Å². The number of anilines is 1. The summed E-state index contributed by atoms with van der Waals surface area (Å²) in [7, 11) is 0. The summed E-state index contributed by atoms with van der Waals surface area (Å²) in [6.07, 6.45) is 2.69. The van der Waals surface area contributed by atoms with Crippen molar-refractivity contribution in [1.82, 2.24) is 9.78 Å². The van der Waals surface area contributed by atoms with Crippen molar-refractivity contribution in [1.29, 1.82) is 0 Å². The van der Waals surface area contributed by atoms with Crippen LogP contribution in [0.25, 0.3) is 0 Å². The van der Waals surface area contributed by atoms with Crippen LogP contribution < -0.4 is 5.32 Å². The summed E-state index contributed by atoms with van der Waals surface area (Å²) in [6, 6.07) is 18.2. The molecule has 0 saturated carbocycles. The first-order valence-corrected chi connectivity index (χ1v) is 10.7. The van der Waals surface area contributed by atoms with Gasteiger partial charge >= 0.3 is 5.97 Å². The van der Waals surface area contributed by atoms with E-state index in [1.807, 2.05) is 42.1 Å². The molecule has 0 atom stereocenters. The highest BCUT2D eigenvalue weighted by Crippen LogP contribution is 2.19. The highest BCUT2D eigenvalue weighted by atomic mass is 79.9. The van der Waals surface area contributed by atoms with Crippen LogP contribution in [0, 0.1) is 0 Å². The first kappa shape index (κ1) is 22.7. The maximum Gasteiger partial charge on any atom is 0.358 e. The molecule has 0 spiro atoms. The van der Waals surface area contributed by atoms with E-state index >= 15 is 0 Å². The summed E-state index contributed by atoms with van der Waals surface area (Å²) in [5.74, 6) is -0.0236. The second kappa shape index (κ2) is 12.1. The van der Waals surface area contributed by atoms with Crippen LogP contribution in [0.4, 0.5) is 5.69 Å². The zero-order valence-corrected chi connectivity index (χ0v) is 18.3. The van der Waals surface area contributed by atoms with Crippen molar-refractivity contribution in [3.8, 4) is 0 Å². The molecule has 1 heterocycles. The van der Waals surface area contributed by atoms with Gasteiger partial charge in [0.2, 0.25) is 6.41 Å². The molecule has 8 heteroatoms. The molecular formula is C21H22BrN3O3S. The zero-order chi connectivity index (χ0) is 21.1. The molecule has 0 fully saturated rings. The molecule has 2 N–H and O–H groups in total. The normalized spacial score (nSPS) is 10.0. The Morgan fingerprint density at radius 3 is 2.48 bits per heavy atom. The summed E-state index contributed by atoms with van der Waals surface area (Å²) < 4.78 is 2.66. The molecule has 0 saturated heterocycles. The Labute approximate surface area is 182 Å². The standard InChI is InChI=1S/C13H13N3O3.C8H9BrS/c17-9-14-11-8-16(15-12(11)13(18)19)7-6-10-4-2-1-3-5-10;1-2-10-8-5-3-7(9)4-6-8/h1-5,8-9H,6-7H2,(H,14,17)(H,18,19);3-6H,2H2,1H3. The van der Waals surface area contributed by atoms with Gasteiger partial charge in [0, 0.05) is 22.1 Å². The smallest absolute Gasteiger partial charge is 0.358 e. The Hall–Kier alpha value is -2.58. The summed E-state index contributed by atoms with van der Waals surface area (Å²) in [6.45, 7) is 2.71. The van der Waals surface area contributed by atoms with Gasteiger partial charge in [-0.15, -0.1) is 11.8 Å². The van der Waals surface area contributed by atoms with Crippen molar-refractivity contribution >= 4 is 45.8 Å². The molecule has 0 aliphatic heterocycles. The number of carbonyl (C=O) groups excluding carboxylic acids is 1. The molecular weight excluding hydrogens is 454 g/mol. The van der Waals surface area contributed by atoms with E-state index in [2.05, 4.69) is 57.5 Å². The Kier molecular flexibility index (Phi) is 9.46. The lowest BCUT2D eigenvalue weighted by atomic mass is 10.1. The SMILES string of the molecule is CCSc1ccc(Br)cc1.O=CNc1cn(CCc2ccccc2)nc1C(=O)O. The summed E-state index contributed by atoms with van der Waals surface area (Å²) in [5.41, 5.74) is 1.19. The van der Waals surface area contributed by atoms with Crippen LogP contribution in [-0.2, 0) is 17.8 Å². The second-order valence-electron chi connectivity index (χ2n) is 5.84. The Balaban J connectivity index is 0.000000253. The molecule has 0 bridgehead atoms. The maximum atomic E-state index is 11.0. The van der Waals surface area contributed by atoms with Crippen molar-refractivity contribution in [2.24, 2.45) is 0 Å². The van der Waals surface area contributed by atoms with Gasteiger partial charge < -0.3 is 10.4 Å². The minimum Gasteiger partial charge on any atom is -0.476 e. The summed E-state index contributed by atoms with van der Waals surface area (Å²) in [4.78, 5) is 22.7. The predicted molar refractivity (Wildman–Crippen MR) is 120 cm³/mol. The first-order valence-electron chi connectivity index (χ1n) is 8.96. The van der Waals surface area contributed by atoms with Crippen molar-refractivity contribution in [3.05, 3.63) is 76.5 Å². The number of rotatable bonds is 8. The lowest BCUT2D eigenvalue weighted by molar-refractivity contribution is -0.105. The molecule has 2 aromatic carbocycles. The van der Waals surface area contributed by atoms with Crippen molar-refractivity contribution in [3.63, 3.8) is 0 Å². The highest BCUT2D eigenvalue weighted by Gasteiger charge is 2.15. The van der Waals surface area contributed by atoms with E-state index in [-0.39, 0.29) is 11.4 Å². The monoisotopic (exact) mass is 475 g/mol. The van der Waals surface area contributed by atoms with Gasteiger partial charge in [0.1, 0.15) is 0 Å². The molecule has 0 radical (unpaired) electrons. The third-order valence-electron chi connectivity index (χ3n) is 3.78. The van der Waals surface area contributed by atoms with Gasteiger partial charge in [0.05, 0.1) is 5.69 Å². The van der Waals surface area contributed by atoms with Crippen LogP contribution >= 0.6 is 27.7 Å². The fraction of sp³-hybridized carbons (Fsp3) is 0.190. The third-order valence-corrected chi connectivity index (χ3v) is 5.20. The van der Waals surface area contributed by atoms with Crippen LogP contribution in [-0.4, -0.2) is 33.0 Å². The number of carbonyl (C=O) groups is 2. The minimum atomic E-state index is -1.16. The Morgan fingerprint density at radius 2 is 1.90 bits per heavy atom. The highest BCUT2D eigenvalue weighted by molar-refractivity contribution is 9.10. The van der Waals surface area contributed by atoms with Gasteiger partial charge in [-0.3, -0.25) is 9.48 Å². The number of thioether (sulfide) groups is 1. The van der Waals surface area contributed by atoms with E-state index in [0.717, 1.165) is 22.2 Å².